The zero-order valence-corrected chi connectivity index (χ0v) is 19.0. The number of para-hydroxylation sites is 1. The molecule has 0 saturated carbocycles. The van der Waals surface area contributed by atoms with E-state index in [1.165, 1.54) is 18.2 Å². The van der Waals surface area contributed by atoms with Crippen molar-refractivity contribution in [2.45, 2.75) is 32.4 Å². The summed E-state index contributed by atoms with van der Waals surface area (Å²) in [5.74, 6) is 0.209. The van der Waals surface area contributed by atoms with Gasteiger partial charge in [-0.1, -0.05) is 48.3 Å². The zero-order valence-electron chi connectivity index (χ0n) is 16.6. The predicted octanol–water partition coefficient (Wildman–Crippen LogP) is 4.42. The maximum absolute atomic E-state index is 13.1. The van der Waals surface area contributed by atoms with Crippen LogP contribution in [0.25, 0.3) is 0 Å². The summed E-state index contributed by atoms with van der Waals surface area (Å²) in [6.45, 7) is 3.56. The van der Waals surface area contributed by atoms with Gasteiger partial charge in [0.2, 0.25) is 15.9 Å². The maximum atomic E-state index is 13.1. The third-order valence-corrected chi connectivity index (χ3v) is 6.37. The van der Waals surface area contributed by atoms with Crippen molar-refractivity contribution >= 4 is 44.8 Å². The SMILES string of the molecule is CCC(C(=O)NC(C)c1ccccc1OC)N(c1ccc(Cl)c(Cl)c1)S(C)(=O)=O. The lowest BCUT2D eigenvalue weighted by molar-refractivity contribution is -0.122. The minimum atomic E-state index is -3.77. The lowest BCUT2D eigenvalue weighted by atomic mass is 10.1. The van der Waals surface area contributed by atoms with E-state index in [1.54, 1.807) is 20.1 Å². The smallest absolute Gasteiger partial charge is 0.244 e. The van der Waals surface area contributed by atoms with Crippen LogP contribution in [0.1, 0.15) is 31.9 Å². The molecule has 158 valence electrons. The highest BCUT2D eigenvalue weighted by molar-refractivity contribution is 7.92. The number of benzene rings is 2. The normalized spacial score (nSPS) is 13.4. The number of methoxy groups -OCH3 is 1. The molecule has 0 fully saturated rings. The number of carbonyl (C=O) groups excluding carboxylic acids is 1. The number of anilines is 1. The molecule has 0 aromatic heterocycles. The molecule has 2 rings (SSSR count). The zero-order chi connectivity index (χ0) is 21.8. The van der Waals surface area contributed by atoms with Gasteiger partial charge in [-0.15, -0.1) is 0 Å². The highest BCUT2D eigenvalue weighted by Crippen LogP contribution is 2.31. The van der Waals surface area contributed by atoms with Crippen LogP contribution in [0.2, 0.25) is 10.0 Å². The molecule has 2 aromatic rings. The summed E-state index contributed by atoms with van der Waals surface area (Å²) < 4.78 is 31.5. The number of ether oxygens (including phenoxy) is 1. The molecule has 0 aliphatic heterocycles. The minimum absolute atomic E-state index is 0.204. The number of amides is 1. The second-order valence-corrected chi connectivity index (χ2v) is 9.23. The van der Waals surface area contributed by atoms with E-state index in [0.29, 0.717) is 10.8 Å². The van der Waals surface area contributed by atoms with Gasteiger partial charge in [0, 0.05) is 5.56 Å². The first-order valence-electron chi connectivity index (χ1n) is 8.97. The number of carbonyl (C=O) groups is 1. The van der Waals surface area contributed by atoms with Gasteiger partial charge < -0.3 is 10.1 Å². The fraction of sp³-hybridized carbons (Fsp3) is 0.350. The highest BCUT2D eigenvalue weighted by atomic mass is 35.5. The van der Waals surface area contributed by atoms with Crippen molar-refractivity contribution in [3.63, 3.8) is 0 Å². The van der Waals surface area contributed by atoms with E-state index in [-0.39, 0.29) is 23.2 Å². The molecule has 2 atom stereocenters. The Morgan fingerprint density at radius 1 is 1.17 bits per heavy atom. The number of hydrogen-bond acceptors (Lipinski definition) is 4. The molecule has 0 saturated heterocycles. The molecule has 1 N–H and O–H groups in total. The molecule has 29 heavy (non-hydrogen) atoms. The van der Waals surface area contributed by atoms with Gasteiger partial charge in [-0.3, -0.25) is 9.10 Å². The largest absolute Gasteiger partial charge is 0.496 e. The van der Waals surface area contributed by atoms with Gasteiger partial charge in [-0.05, 0) is 37.6 Å². The fourth-order valence-corrected chi connectivity index (χ4v) is 4.59. The van der Waals surface area contributed by atoms with Gasteiger partial charge >= 0.3 is 0 Å². The van der Waals surface area contributed by atoms with Crippen LogP contribution in [0.4, 0.5) is 5.69 Å². The van der Waals surface area contributed by atoms with Gasteiger partial charge in [-0.2, -0.15) is 0 Å². The number of hydrogen-bond donors (Lipinski definition) is 1. The summed E-state index contributed by atoms with van der Waals surface area (Å²) in [6.07, 6.45) is 1.31. The van der Waals surface area contributed by atoms with Crippen molar-refractivity contribution in [1.82, 2.24) is 5.32 Å². The monoisotopic (exact) mass is 458 g/mol. The first-order valence-corrected chi connectivity index (χ1v) is 11.6. The molecule has 0 spiro atoms. The lowest BCUT2D eigenvalue weighted by Crippen LogP contribution is -2.49. The van der Waals surface area contributed by atoms with E-state index in [0.717, 1.165) is 16.1 Å². The van der Waals surface area contributed by atoms with Crippen LogP contribution < -0.4 is 14.4 Å². The van der Waals surface area contributed by atoms with E-state index < -0.39 is 22.0 Å². The van der Waals surface area contributed by atoms with Gasteiger partial charge in [0.15, 0.2) is 0 Å². The molecular formula is C20H24Cl2N2O4S. The molecule has 0 aliphatic carbocycles. The molecule has 0 radical (unpaired) electrons. The Morgan fingerprint density at radius 3 is 2.38 bits per heavy atom. The van der Waals surface area contributed by atoms with Crippen molar-refractivity contribution in [3.8, 4) is 5.75 Å². The Bertz CT molecular complexity index is 982. The van der Waals surface area contributed by atoms with Gasteiger partial charge in [0.25, 0.3) is 0 Å². The number of halogens is 2. The Labute approximate surface area is 181 Å². The van der Waals surface area contributed by atoms with Gasteiger partial charge in [0.1, 0.15) is 11.8 Å². The Balaban J connectivity index is 2.36. The summed E-state index contributed by atoms with van der Waals surface area (Å²) in [7, 11) is -2.22. The van der Waals surface area contributed by atoms with E-state index >= 15 is 0 Å². The Morgan fingerprint density at radius 2 is 1.83 bits per heavy atom. The average molecular weight is 459 g/mol. The number of sulfonamides is 1. The van der Waals surface area contributed by atoms with E-state index in [4.69, 9.17) is 27.9 Å². The molecule has 0 heterocycles. The van der Waals surface area contributed by atoms with Gasteiger partial charge in [-0.25, -0.2) is 8.42 Å². The van der Waals surface area contributed by atoms with Crippen LogP contribution in [-0.2, 0) is 14.8 Å². The van der Waals surface area contributed by atoms with Gasteiger partial charge in [0.05, 0.1) is 35.1 Å². The van der Waals surface area contributed by atoms with Crippen LogP contribution in [-0.4, -0.2) is 33.7 Å². The van der Waals surface area contributed by atoms with Crippen LogP contribution in [0.3, 0.4) is 0 Å². The third kappa shape index (κ3) is 5.56. The van der Waals surface area contributed by atoms with Crippen molar-refractivity contribution in [2.24, 2.45) is 0 Å². The fourth-order valence-electron chi connectivity index (χ4n) is 3.09. The number of nitrogens with one attached hydrogen (secondary N) is 1. The Kier molecular flexibility index (Phi) is 7.80. The van der Waals surface area contributed by atoms with Crippen LogP contribution in [0.15, 0.2) is 42.5 Å². The topological polar surface area (TPSA) is 75.7 Å². The van der Waals surface area contributed by atoms with Crippen molar-refractivity contribution < 1.29 is 17.9 Å². The summed E-state index contributed by atoms with van der Waals surface area (Å²) in [6, 6.07) is 10.4. The molecular weight excluding hydrogens is 435 g/mol. The number of nitrogens with zero attached hydrogens (tertiary/aromatic N) is 1. The predicted molar refractivity (Wildman–Crippen MR) is 117 cm³/mol. The second-order valence-electron chi connectivity index (χ2n) is 6.55. The second kappa shape index (κ2) is 9.69. The third-order valence-electron chi connectivity index (χ3n) is 4.45. The van der Waals surface area contributed by atoms with Crippen molar-refractivity contribution in [2.75, 3.05) is 17.7 Å². The molecule has 0 aliphatic rings. The van der Waals surface area contributed by atoms with Crippen LogP contribution in [0.5, 0.6) is 5.75 Å². The Hall–Kier alpha value is -1.96. The first kappa shape index (κ1) is 23.3. The molecule has 2 aromatic carbocycles. The van der Waals surface area contributed by atoms with Crippen molar-refractivity contribution in [1.29, 1.82) is 0 Å². The quantitative estimate of drug-likeness (QED) is 0.634. The van der Waals surface area contributed by atoms with Crippen LogP contribution >= 0.6 is 23.2 Å². The van der Waals surface area contributed by atoms with E-state index in [9.17, 15) is 13.2 Å². The summed E-state index contributed by atoms with van der Waals surface area (Å²) in [4.78, 5) is 13.1. The maximum Gasteiger partial charge on any atom is 0.244 e. The average Bonchev–Trinajstić information content (AvgIpc) is 2.67. The highest BCUT2D eigenvalue weighted by Gasteiger charge is 2.32. The molecule has 0 bridgehead atoms. The van der Waals surface area contributed by atoms with E-state index in [2.05, 4.69) is 5.32 Å². The van der Waals surface area contributed by atoms with Crippen LogP contribution in [0, 0.1) is 0 Å². The summed E-state index contributed by atoms with van der Waals surface area (Å²) in [5.41, 5.74) is 1.06. The summed E-state index contributed by atoms with van der Waals surface area (Å²) in [5, 5.41) is 3.39. The molecule has 1 amide bonds. The summed E-state index contributed by atoms with van der Waals surface area (Å²) >= 11 is 12.0. The number of rotatable bonds is 8. The van der Waals surface area contributed by atoms with E-state index in [1.807, 2.05) is 25.1 Å². The van der Waals surface area contributed by atoms with Crippen molar-refractivity contribution in [3.05, 3.63) is 58.1 Å². The lowest BCUT2D eigenvalue weighted by Gasteiger charge is -2.31. The molecule has 6 nitrogen and oxygen atoms in total. The first-order chi connectivity index (χ1) is 13.6. The molecule has 2 unspecified atom stereocenters. The standard InChI is InChI=1S/C20H24Cl2N2O4S/c1-5-18(20(25)23-13(2)15-8-6-7-9-19(15)28-3)24(29(4,26)27)14-10-11-16(21)17(22)12-14/h6-13,18H,5H2,1-4H3,(H,23,25). The molecule has 9 heteroatoms. The minimum Gasteiger partial charge on any atom is -0.496 e.